The molecule has 3 aromatic rings. The molecule has 1 aromatic carbocycles. The summed E-state index contributed by atoms with van der Waals surface area (Å²) in [5.41, 5.74) is 5.26. The fourth-order valence-electron chi connectivity index (χ4n) is 3.86. The second-order valence-corrected chi connectivity index (χ2v) is 9.72. The van der Waals surface area contributed by atoms with Gasteiger partial charge in [0.25, 0.3) is 0 Å². The van der Waals surface area contributed by atoms with Gasteiger partial charge in [0.05, 0.1) is 27.9 Å². The van der Waals surface area contributed by atoms with Crippen LogP contribution >= 0.6 is 11.3 Å². The van der Waals surface area contributed by atoms with E-state index in [1.54, 1.807) is 11.3 Å². The molecule has 2 heterocycles. The smallest absolute Gasteiger partial charge is 0.225 e. The Kier molecular flexibility index (Phi) is 9.19. The first-order valence-corrected chi connectivity index (χ1v) is 12.9. The van der Waals surface area contributed by atoms with Gasteiger partial charge in [-0.15, -0.1) is 11.3 Å². The van der Waals surface area contributed by atoms with Gasteiger partial charge in [0, 0.05) is 13.2 Å². The molecule has 0 aliphatic heterocycles. The fraction of sp³-hybridized carbons (Fsp3) is 0.444. The van der Waals surface area contributed by atoms with E-state index < -0.39 is 0 Å². The van der Waals surface area contributed by atoms with E-state index in [1.165, 1.54) is 11.1 Å². The zero-order valence-corrected chi connectivity index (χ0v) is 21.8. The lowest BCUT2D eigenvalue weighted by Crippen LogP contribution is -2.15. The molecule has 2 unspecified atom stereocenters. The molecule has 7 heteroatoms. The van der Waals surface area contributed by atoms with Gasteiger partial charge in [-0.1, -0.05) is 62.8 Å². The molecule has 3 rings (SSSR count). The van der Waals surface area contributed by atoms with Crippen LogP contribution in [0.15, 0.2) is 30.8 Å². The average molecular weight is 480 g/mol. The Morgan fingerprint density at radius 3 is 2.44 bits per heavy atom. The normalized spacial score (nSPS) is 12.9. The molecule has 2 aromatic heterocycles. The molecule has 0 bridgehead atoms. The van der Waals surface area contributed by atoms with E-state index in [-0.39, 0.29) is 18.6 Å². The second kappa shape index (κ2) is 12.1. The summed E-state index contributed by atoms with van der Waals surface area (Å²) in [5, 5.41) is 17.5. The van der Waals surface area contributed by atoms with Crippen molar-refractivity contribution in [2.24, 2.45) is 5.92 Å². The van der Waals surface area contributed by atoms with Crippen molar-refractivity contribution in [2.75, 3.05) is 23.8 Å². The third kappa shape index (κ3) is 6.21. The van der Waals surface area contributed by atoms with Gasteiger partial charge in [0.1, 0.15) is 10.8 Å². The number of aliphatic hydroxyl groups is 1. The highest BCUT2D eigenvalue weighted by atomic mass is 32.1. The van der Waals surface area contributed by atoms with Crippen molar-refractivity contribution in [3.8, 4) is 10.6 Å². The van der Waals surface area contributed by atoms with Gasteiger partial charge in [-0.05, 0) is 45.1 Å². The van der Waals surface area contributed by atoms with Crippen molar-refractivity contribution in [1.82, 2.24) is 15.0 Å². The molecule has 0 radical (unpaired) electrons. The molecule has 2 atom stereocenters. The van der Waals surface area contributed by atoms with Crippen molar-refractivity contribution in [3.63, 3.8) is 0 Å². The third-order valence-electron chi connectivity index (χ3n) is 6.16. The van der Waals surface area contributed by atoms with E-state index in [0.717, 1.165) is 58.5 Å². The molecular weight excluding hydrogens is 442 g/mol. The Balaban J connectivity index is 1.94. The molecule has 0 amide bonds. The number of aliphatic hydroxyl groups excluding tert-OH is 1. The third-order valence-corrected chi connectivity index (χ3v) is 7.27. The Morgan fingerprint density at radius 2 is 1.85 bits per heavy atom. The van der Waals surface area contributed by atoms with Crippen LogP contribution in [0.4, 0.5) is 11.8 Å². The molecule has 0 saturated heterocycles. The lowest BCUT2D eigenvalue weighted by atomic mass is 10.0. The number of aryl methyl sites for hydroxylation is 3. The first-order valence-electron chi connectivity index (χ1n) is 12.1. The van der Waals surface area contributed by atoms with Gasteiger partial charge in [0.15, 0.2) is 0 Å². The maximum absolute atomic E-state index is 9.57. The summed E-state index contributed by atoms with van der Waals surface area (Å²) in [5.74, 6) is 1.63. The van der Waals surface area contributed by atoms with Crippen LogP contribution in [0.25, 0.3) is 16.6 Å². The van der Waals surface area contributed by atoms with E-state index in [4.69, 9.17) is 15.0 Å². The zero-order chi connectivity index (χ0) is 24.7. The Bertz CT molecular complexity index is 1090. The van der Waals surface area contributed by atoms with E-state index in [1.807, 2.05) is 13.0 Å². The van der Waals surface area contributed by atoms with Crippen LogP contribution in [0.2, 0.25) is 0 Å². The number of rotatable bonds is 12. The van der Waals surface area contributed by atoms with Gasteiger partial charge in [0.2, 0.25) is 5.95 Å². The van der Waals surface area contributed by atoms with Crippen LogP contribution < -0.4 is 10.6 Å². The average Bonchev–Trinajstić information content (AvgIpc) is 3.25. The maximum atomic E-state index is 9.57. The summed E-state index contributed by atoms with van der Waals surface area (Å²) in [4.78, 5) is 15.6. The summed E-state index contributed by atoms with van der Waals surface area (Å²) in [6.45, 7) is 15.3. The molecule has 0 fully saturated rings. The van der Waals surface area contributed by atoms with E-state index in [0.29, 0.717) is 5.95 Å². The number of anilines is 2. The monoisotopic (exact) mass is 479 g/mol. The Labute approximate surface area is 207 Å². The molecule has 6 nitrogen and oxygen atoms in total. The minimum atomic E-state index is 0.0662. The number of nitrogens with one attached hydrogen (secondary N) is 2. The van der Waals surface area contributed by atoms with Crippen LogP contribution in [0, 0.1) is 19.8 Å². The summed E-state index contributed by atoms with van der Waals surface area (Å²) < 4.78 is 0. The van der Waals surface area contributed by atoms with Crippen LogP contribution in [0.1, 0.15) is 67.0 Å². The summed E-state index contributed by atoms with van der Waals surface area (Å²) in [7, 11) is 0. The van der Waals surface area contributed by atoms with Crippen LogP contribution in [-0.4, -0.2) is 33.2 Å². The van der Waals surface area contributed by atoms with Crippen molar-refractivity contribution < 1.29 is 5.11 Å². The first kappa shape index (κ1) is 25.8. The summed E-state index contributed by atoms with van der Waals surface area (Å²) in [6.07, 6.45) is 4.54. The van der Waals surface area contributed by atoms with Crippen LogP contribution in [-0.2, 0) is 6.42 Å². The molecule has 34 heavy (non-hydrogen) atoms. The fourth-order valence-corrected chi connectivity index (χ4v) is 4.96. The highest BCUT2D eigenvalue weighted by Crippen LogP contribution is 2.36. The molecule has 0 saturated carbocycles. The minimum absolute atomic E-state index is 0.0662. The SMILES string of the molecule is C=Cc1sc(-c2c(C)nc(NC(C)c3ccc(C)cc3)nc2NCCC(CC)CO)nc1CC. The molecule has 182 valence electrons. The van der Waals surface area contributed by atoms with Crippen molar-refractivity contribution in [3.05, 3.63) is 58.2 Å². The maximum Gasteiger partial charge on any atom is 0.225 e. The minimum Gasteiger partial charge on any atom is -0.396 e. The second-order valence-electron chi connectivity index (χ2n) is 8.69. The van der Waals surface area contributed by atoms with Gasteiger partial charge in [-0.2, -0.15) is 4.98 Å². The molecule has 3 N–H and O–H groups in total. The number of benzene rings is 1. The van der Waals surface area contributed by atoms with Gasteiger partial charge < -0.3 is 15.7 Å². The number of nitrogens with zero attached hydrogens (tertiary/aromatic N) is 3. The summed E-state index contributed by atoms with van der Waals surface area (Å²) >= 11 is 1.62. The molecule has 0 spiro atoms. The predicted octanol–water partition coefficient (Wildman–Crippen LogP) is 6.42. The summed E-state index contributed by atoms with van der Waals surface area (Å²) in [6, 6.07) is 8.56. The number of aromatic nitrogens is 3. The molecule has 0 aliphatic rings. The standard InChI is InChI=1S/C27H37N5OS/c1-7-20(16-33)14-15-28-25-24(26-31-22(8-2)23(9-3)34-26)19(6)30-27(32-25)29-18(5)21-12-10-17(4)11-13-21/h9-13,18,20,33H,3,7-8,14-16H2,1-2,4-6H3,(H2,28,29,30,32). The van der Waals surface area contributed by atoms with Crippen LogP contribution in [0.5, 0.6) is 0 Å². The molecular formula is C27H37N5OS. The quantitative estimate of drug-likeness (QED) is 0.278. The van der Waals surface area contributed by atoms with Crippen molar-refractivity contribution >= 4 is 29.2 Å². The topological polar surface area (TPSA) is 83.0 Å². The zero-order valence-electron chi connectivity index (χ0n) is 21.0. The largest absolute Gasteiger partial charge is 0.396 e. The van der Waals surface area contributed by atoms with Crippen molar-refractivity contribution in [1.29, 1.82) is 0 Å². The van der Waals surface area contributed by atoms with Gasteiger partial charge in [-0.3, -0.25) is 0 Å². The van der Waals surface area contributed by atoms with E-state index in [9.17, 15) is 5.11 Å². The van der Waals surface area contributed by atoms with Crippen LogP contribution in [0.3, 0.4) is 0 Å². The highest BCUT2D eigenvalue weighted by molar-refractivity contribution is 7.16. The Hall–Kier alpha value is -2.77. The predicted molar refractivity (Wildman–Crippen MR) is 145 cm³/mol. The van der Waals surface area contributed by atoms with Gasteiger partial charge >= 0.3 is 0 Å². The number of hydrogen-bond acceptors (Lipinski definition) is 7. The first-order chi connectivity index (χ1) is 16.4. The Morgan fingerprint density at radius 1 is 1.12 bits per heavy atom. The lowest BCUT2D eigenvalue weighted by molar-refractivity contribution is 0.217. The van der Waals surface area contributed by atoms with Gasteiger partial charge in [-0.25, -0.2) is 9.97 Å². The highest BCUT2D eigenvalue weighted by Gasteiger charge is 2.20. The molecule has 0 aliphatic carbocycles. The number of thiazole rings is 1. The number of hydrogen-bond donors (Lipinski definition) is 3. The van der Waals surface area contributed by atoms with E-state index in [2.05, 4.69) is 69.2 Å². The van der Waals surface area contributed by atoms with E-state index >= 15 is 0 Å². The van der Waals surface area contributed by atoms with Crippen molar-refractivity contribution in [2.45, 2.75) is 59.9 Å². The lowest BCUT2D eigenvalue weighted by Gasteiger charge is -2.19.